The van der Waals surface area contributed by atoms with Gasteiger partial charge in [0.2, 0.25) is 5.91 Å². The molecule has 5 aromatic rings. The minimum absolute atomic E-state index is 0.0108. The summed E-state index contributed by atoms with van der Waals surface area (Å²) < 4.78 is 4.50. The molecular formula is C28H25N3O. The Morgan fingerprint density at radius 3 is 1.75 bits per heavy atom. The van der Waals surface area contributed by atoms with Gasteiger partial charge in [0.05, 0.1) is 0 Å². The molecule has 2 aromatic heterocycles. The third-order valence-corrected chi connectivity index (χ3v) is 6.99. The number of aromatic nitrogens is 2. The number of nitrogens with one attached hydrogen (secondary N) is 1. The van der Waals surface area contributed by atoms with Gasteiger partial charge in [-0.05, 0) is 32.0 Å². The summed E-state index contributed by atoms with van der Waals surface area (Å²) in [7, 11) is 0. The van der Waals surface area contributed by atoms with Crippen LogP contribution in [0.3, 0.4) is 0 Å². The van der Waals surface area contributed by atoms with Crippen LogP contribution in [0.25, 0.3) is 21.8 Å². The van der Waals surface area contributed by atoms with Crippen LogP contribution in [0, 0.1) is 0 Å². The van der Waals surface area contributed by atoms with Crippen LogP contribution in [0.5, 0.6) is 0 Å². The molecule has 1 aliphatic rings. The topological polar surface area (TPSA) is 39.0 Å². The van der Waals surface area contributed by atoms with Crippen molar-refractivity contribution < 1.29 is 4.79 Å². The van der Waals surface area contributed by atoms with Crippen LogP contribution in [-0.2, 0) is 23.3 Å². The Morgan fingerprint density at radius 2 is 1.19 bits per heavy atom. The highest BCUT2D eigenvalue weighted by atomic mass is 16.2. The number of benzene rings is 3. The van der Waals surface area contributed by atoms with Gasteiger partial charge in [-0.1, -0.05) is 54.6 Å². The third kappa shape index (κ3) is 2.29. The van der Waals surface area contributed by atoms with E-state index in [0.717, 1.165) is 57.3 Å². The fourth-order valence-electron chi connectivity index (χ4n) is 5.55. The second-order valence-electron chi connectivity index (χ2n) is 8.44. The third-order valence-electron chi connectivity index (χ3n) is 6.99. The van der Waals surface area contributed by atoms with Crippen molar-refractivity contribution in [3.63, 3.8) is 0 Å². The molecule has 0 unspecified atom stereocenters. The minimum atomic E-state index is -0.920. The summed E-state index contributed by atoms with van der Waals surface area (Å²) in [5, 5.41) is 5.45. The lowest BCUT2D eigenvalue weighted by Gasteiger charge is -2.28. The van der Waals surface area contributed by atoms with E-state index in [1.807, 2.05) is 18.2 Å². The molecule has 0 aliphatic carbocycles. The number of nitrogens with zero attached hydrogens (tertiary/aromatic N) is 2. The van der Waals surface area contributed by atoms with Crippen LogP contribution in [-0.4, -0.2) is 15.0 Å². The maximum Gasteiger partial charge on any atom is 0.244 e. The number of carbonyl (C=O) groups excluding carboxylic acids is 1. The van der Waals surface area contributed by atoms with Crippen molar-refractivity contribution in [3.8, 4) is 0 Å². The Kier molecular flexibility index (Phi) is 4.06. The van der Waals surface area contributed by atoms with Crippen molar-refractivity contribution in [1.82, 2.24) is 9.13 Å². The molecule has 0 spiro atoms. The molecule has 158 valence electrons. The van der Waals surface area contributed by atoms with E-state index >= 15 is 0 Å². The number of carbonyl (C=O) groups is 1. The summed E-state index contributed by atoms with van der Waals surface area (Å²) in [5.74, 6) is 0.0108. The van der Waals surface area contributed by atoms with E-state index in [-0.39, 0.29) is 5.91 Å². The maximum absolute atomic E-state index is 14.1. The average molecular weight is 420 g/mol. The lowest BCUT2D eigenvalue weighted by molar-refractivity contribution is -0.118. The quantitative estimate of drug-likeness (QED) is 0.386. The summed E-state index contributed by atoms with van der Waals surface area (Å²) in [4.78, 5) is 14.1. The summed E-state index contributed by atoms with van der Waals surface area (Å²) in [6.45, 7) is 5.98. The summed E-state index contributed by atoms with van der Waals surface area (Å²) in [5.41, 5.74) is 5.37. The van der Waals surface area contributed by atoms with Crippen LogP contribution in [0.4, 0.5) is 5.69 Å². The minimum Gasteiger partial charge on any atom is -0.347 e. The molecule has 0 saturated heterocycles. The highest BCUT2D eigenvalue weighted by molar-refractivity contribution is 6.15. The standard InChI is InChI=1S/C28H25N3O/c1-3-30-17-22(19-11-5-9-15-25(19)30)28(21-13-7-8-14-24(21)29-27(28)32)23-18-31(4-2)26-16-10-6-12-20(23)26/h5-18H,3-4H2,1-2H3,(H,29,32). The largest absolute Gasteiger partial charge is 0.347 e. The predicted octanol–water partition coefficient (Wildman–Crippen LogP) is 5.92. The average Bonchev–Trinajstić information content (AvgIpc) is 3.48. The van der Waals surface area contributed by atoms with E-state index in [4.69, 9.17) is 0 Å². The highest BCUT2D eigenvalue weighted by Crippen LogP contribution is 2.51. The van der Waals surface area contributed by atoms with Gasteiger partial charge in [0.15, 0.2) is 0 Å². The monoisotopic (exact) mass is 419 g/mol. The van der Waals surface area contributed by atoms with E-state index in [9.17, 15) is 4.79 Å². The van der Waals surface area contributed by atoms with Gasteiger partial charge in [-0.25, -0.2) is 0 Å². The molecule has 0 fully saturated rings. The Labute approximate surface area is 187 Å². The fourth-order valence-corrected chi connectivity index (χ4v) is 5.55. The SMILES string of the molecule is CCn1cc(C2(c3cn(CC)c4ccccc34)C(=O)Nc3ccccc32)c2ccccc21. The normalized spacial score (nSPS) is 14.8. The molecule has 0 atom stereocenters. The number of aryl methyl sites for hydroxylation is 2. The first-order valence-corrected chi connectivity index (χ1v) is 11.3. The number of amides is 1. The molecule has 3 aromatic carbocycles. The summed E-state index contributed by atoms with van der Waals surface area (Å²) >= 11 is 0. The van der Waals surface area contributed by atoms with E-state index in [2.05, 4.69) is 95.3 Å². The molecule has 32 heavy (non-hydrogen) atoms. The number of fused-ring (bicyclic) bond motifs is 3. The molecular weight excluding hydrogens is 394 g/mol. The maximum atomic E-state index is 14.1. The molecule has 0 saturated carbocycles. The molecule has 4 heteroatoms. The molecule has 0 radical (unpaired) electrons. The van der Waals surface area contributed by atoms with Gasteiger partial charge < -0.3 is 14.5 Å². The zero-order valence-corrected chi connectivity index (χ0v) is 18.3. The van der Waals surface area contributed by atoms with Gasteiger partial charge in [-0.15, -0.1) is 0 Å². The number of rotatable bonds is 4. The first kappa shape index (κ1) is 18.9. The van der Waals surface area contributed by atoms with Crippen molar-refractivity contribution in [3.05, 3.63) is 102 Å². The molecule has 1 amide bonds. The van der Waals surface area contributed by atoms with Crippen molar-refractivity contribution >= 4 is 33.4 Å². The van der Waals surface area contributed by atoms with E-state index in [1.165, 1.54) is 0 Å². The second kappa shape index (κ2) is 6.86. The van der Waals surface area contributed by atoms with Gasteiger partial charge in [0.25, 0.3) is 0 Å². The lowest BCUT2D eigenvalue weighted by Crippen LogP contribution is -2.36. The number of para-hydroxylation sites is 3. The molecule has 1 aliphatic heterocycles. The predicted molar refractivity (Wildman–Crippen MR) is 130 cm³/mol. The van der Waals surface area contributed by atoms with Crippen LogP contribution in [0.2, 0.25) is 0 Å². The van der Waals surface area contributed by atoms with E-state index in [1.54, 1.807) is 0 Å². The van der Waals surface area contributed by atoms with Crippen LogP contribution in [0.15, 0.2) is 85.2 Å². The molecule has 3 heterocycles. The van der Waals surface area contributed by atoms with Gasteiger partial charge in [-0.3, -0.25) is 4.79 Å². The zero-order chi connectivity index (χ0) is 21.9. The summed E-state index contributed by atoms with van der Waals surface area (Å²) in [6, 6.07) is 25.0. The van der Waals surface area contributed by atoms with Crippen LogP contribution >= 0.6 is 0 Å². The first-order valence-electron chi connectivity index (χ1n) is 11.3. The zero-order valence-electron chi connectivity index (χ0n) is 18.3. The van der Waals surface area contributed by atoms with Crippen LogP contribution < -0.4 is 5.32 Å². The van der Waals surface area contributed by atoms with E-state index < -0.39 is 5.41 Å². The van der Waals surface area contributed by atoms with Crippen LogP contribution in [0.1, 0.15) is 30.5 Å². The number of hydrogen-bond acceptors (Lipinski definition) is 1. The van der Waals surface area contributed by atoms with Crippen molar-refractivity contribution in [1.29, 1.82) is 0 Å². The molecule has 1 N–H and O–H groups in total. The molecule has 0 bridgehead atoms. The Morgan fingerprint density at radius 1 is 0.688 bits per heavy atom. The molecule has 6 rings (SSSR count). The van der Waals surface area contributed by atoms with Crippen molar-refractivity contribution in [2.75, 3.05) is 5.32 Å². The van der Waals surface area contributed by atoms with Crippen molar-refractivity contribution in [2.45, 2.75) is 32.4 Å². The van der Waals surface area contributed by atoms with Crippen molar-refractivity contribution in [2.24, 2.45) is 0 Å². The first-order chi connectivity index (χ1) is 15.7. The highest BCUT2D eigenvalue weighted by Gasteiger charge is 2.52. The fraction of sp³-hybridized carbons (Fsp3) is 0.179. The Balaban J connectivity index is 1.82. The number of anilines is 1. The smallest absolute Gasteiger partial charge is 0.244 e. The molecule has 4 nitrogen and oxygen atoms in total. The van der Waals surface area contributed by atoms with Gasteiger partial charge in [0.1, 0.15) is 5.41 Å². The Bertz CT molecular complexity index is 1420. The Hall–Kier alpha value is -3.79. The summed E-state index contributed by atoms with van der Waals surface area (Å²) in [6.07, 6.45) is 4.37. The van der Waals surface area contributed by atoms with Gasteiger partial charge >= 0.3 is 0 Å². The van der Waals surface area contributed by atoms with E-state index in [0.29, 0.717) is 0 Å². The van der Waals surface area contributed by atoms with Gasteiger partial charge in [0, 0.05) is 69.7 Å². The van der Waals surface area contributed by atoms with Gasteiger partial charge in [-0.2, -0.15) is 0 Å². The number of hydrogen-bond donors (Lipinski definition) is 1. The lowest BCUT2D eigenvalue weighted by atomic mass is 9.70. The second-order valence-corrected chi connectivity index (χ2v) is 8.44.